The van der Waals surface area contributed by atoms with E-state index in [1.54, 1.807) is 30.3 Å². The van der Waals surface area contributed by atoms with Gasteiger partial charge in [0.2, 0.25) is 8.32 Å². The smallest absolute Gasteiger partial charge is 0.406 e. The quantitative estimate of drug-likeness (QED) is 0.234. The zero-order chi connectivity index (χ0) is 31.2. The van der Waals surface area contributed by atoms with Crippen molar-refractivity contribution in [3.05, 3.63) is 63.7 Å². The average molecular weight is 623 g/mol. The molecule has 1 heterocycles. The molecule has 2 aromatic carbocycles. The molecule has 1 fully saturated rings. The van der Waals surface area contributed by atoms with Gasteiger partial charge in [0.15, 0.2) is 0 Å². The Bertz CT molecular complexity index is 1510. The third kappa shape index (κ3) is 5.83. The molecule has 1 aliphatic rings. The van der Waals surface area contributed by atoms with Gasteiger partial charge in [-0.1, -0.05) is 65.3 Å². The number of anilines is 1. The number of alkyl halides is 3. The summed E-state index contributed by atoms with van der Waals surface area (Å²) in [5, 5.41) is 5.01. The highest BCUT2D eigenvalue weighted by atomic mass is 35.5. The van der Waals surface area contributed by atoms with Gasteiger partial charge in [-0.3, -0.25) is 9.36 Å². The summed E-state index contributed by atoms with van der Waals surface area (Å²) in [5.74, 6) is 0.365. The largest absolute Gasteiger partial charge is 0.411 e. The van der Waals surface area contributed by atoms with Crippen LogP contribution < -0.4 is 16.2 Å². The van der Waals surface area contributed by atoms with Crippen LogP contribution in [0.3, 0.4) is 0 Å². The van der Waals surface area contributed by atoms with Crippen LogP contribution in [0.1, 0.15) is 73.2 Å². The van der Waals surface area contributed by atoms with E-state index in [4.69, 9.17) is 21.0 Å². The Morgan fingerprint density at radius 3 is 2.17 bits per heavy atom. The second-order valence-electron chi connectivity index (χ2n) is 12.0. The highest BCUT2D eigenvalue weighted by molar-refractivity contribution is 6.77. The zero-order valence-electron chi connectivity index (χ0n) is 24.9. The van der Waals surface area contributed by atoms with Gasteiger partial charge in [-0.2, -0.15) is 13.2 Å². The van der Waals surface area contributed by atoms with Crippen molar-refractivity contribution in [3.63, 3.8) is 0 Å². The second-order valence-corrected chi connectivity index (χ2v) is 17.8. The van der Waals surface area contributed by atoms with E-state index in [1.165, 1.54) is 16.7 Å². The fraction of sp³-hybridized carbons (Fsp3) is 0.500. The summed E-state index contributed by atoms with van der Waals surface area (Å²) in [5.41, 5.74) is -0.769. The molecule has 2 N–H and O–H groups in total. The molecular weight excluding hydrogens is 585 g/mol. The first-order valence-corrected chi connectivity index (χ1v) is 16.7. The van der Waals surface area contributed by atoms with Crippen molar-refractivity contribution in [1.29, 1.82) is 0 Å². The van der Waals surface area contributed by atoms with Crippen LogP contribution in [0.5, 0.6) is 0 Å². The molecule has 4 rings (SSSR count). The minimum Gasteiger partial charge on any atom is -0.406 e. The van der Waals surface area contributed by atoms with Crippen LogP contribution in [-0.4, -0.2) is 35.6 Å². The standard InChI is InChI=1S/C30H38ClF3N4O3Si/c1-17(2)42(18(3)4,19(5)6)41-20(7)26-36-24-13-9-12-23(31)25(24)27(39)38(26)22-11-8-10-21(16-22)35-28(40)37-29(14-15-29)30(32,33)34/h8-13,16-20H,14-15H2,1-7H3,(H2,35,37,40). The monoisotopic (exact) mass is 622 g/mol. The van der Waals surface area contributed by atoms with E-state index in [0.29, 0.717) is 17.0 Å². The van der Waals surface area contributed by atoms with Crippen LogP contribution in [0.15, 0.2) is 47.3 Å². The highest BCUT2D eigenvalue weighted by Gasteiger charge is 2.64. The summed E-state index contributed by atoms with van der Waals surface area (Å²) in [6, 6.07) is 10.4. The number of hydrogen-bond donors (Lipinski definition) is 2. The van der Waals surface area contributed by atoms with Crippen molar-refractivity contribution in [2.24, 2.45) is 0 Å². The third-order valence-corrected chi connectivity index (χ3v) is 14.8. The summed E-state index contributed by atoms with van der Waals surface area (Å²) in [6.07, 6.45) is -5.46. The van der Waals surface area contributed by atoms with Gasteiger partial charge < -0.3 is 15.1 Å². The van der Waals surface area contributed by atoms with E-state index in [2.05, 4.69) is 52.2 Å². The molecule has 3 aromatic rings. The first-order valence-electron chi connectivity index (χ1n) is 14.2. The Hall–Kier alpha value is -2.89. The summed E-state index contributed by atoms with van der Waals surface area (Å²) in [6.45, 7) is 14.9. The van der Waals surface area contributed by atoms with E-state index in [9.17, 15) is 22.8 Å². The van der Waals surface area contributed by atoms with Gasteiger partial charge in [0.05, 0.1) is 21.6 Å². The molecule has 0 radical (unpaired) electrons. The molecule has 1 atom stereocenters. The molecule has 1 aromatic heterocycles. The summed E-state index contributed by atoms with van der Waals surface area (Å²) < 4.78 is 48.5. The number of carbonyl (C=O) groups excluding carboxylic acids is 1. The number of benzene rings is 2. The summed E-state index contributed by atoms with van der Waals surface area (Å²) in [4.78, 5) is 31.4. The molecule has 1 unspecified atom stereocenters. The second kappa shape index (κ2) is 11.7. The number of amides is 2. The molecule has 0 saturated heterocycles. The maximum Gasteiger partial charge on any atom is 0.411 e. The van der Waals surface area contributed by atoms with Gasteiger partial charge in [-0.25, -0.2) is 9.78 Å². The van der Waals surface area contributed by atoms with Gasteiger partial charge in [-0.15, -0.1) is 0 Å². The number of nitrogens with zero attached hydrogens (tertiary/aromatic N) is 2. The molecule has 2 amide bonds. The maximum absolute atomic E-state index is 14.1. The fourth-order valence-corrected chi connectivity index (χ4v) is 12.0. The minimum absolute atomic E-state index is 0.169. The number of carbonyl (C=O) groups is 1. The number of aromatic nitrogens is 2. The maximum atomic E-state index is 14.1. The number of nitrogens with one attached hydrogen (secondary N) is 2. The molecule has 0 aliphatic heterocycles. The van der Waals surface area contributed by atoms with Gasteiger partial charge in [0.1, 0.15) is 17.5 Å². The number of hydrogen-bond acceptors (Lipinski definition) is 4. The molecular formula is C30H38ClF3N4O3Si. The van der Waals surface area contributed by atoms with Gasteiger partial charge in [-0.05, 0) is 66.7 Å². The lowest BCUT2D eigenvalue weighted by atomic mass is 10.2. The Balaban J connectivity index is 1.80. The molecule has 228 valence electrons. The first-order chi connectivity index (χ1) is 19.5. The van der Waals surface area contributed by atoms with E-state index in [0.717, 1.165) is 0 Å². The molecule has 12 heteroatoms. The van der Waals surface area contributed by atoms with Crippen LogP contribution in [0.4, 0.5) is 23.7 Å². The van der Waals surface area contributed by atoms with Crippen molar-refractivity contribution in [3.8, 4) is 5.69 Å². The topological polar surface area (TPSA) is 85.2 Å². The van der Waals surface area contributed by atoms with Crippen LogP contribution in [0.25, 0.3) is 16.6 Å². The Kier molecular flexibility index (Phi) is 8.89. The van der Waals surface area contributed by atoms with Crippen molar-refractivity contribution >= 4 is 42.5 Å². The normalized spacial score (nSPS) is 15.9. The average Bonchev–Trinajstić information content (AvgIpc) is 3.67. The summed E-state index contributed by atoms with van der Waals surface area (Å²) >= 11 is 6.45. The molecule has 42 heavy (non-hydrogen) atoms. The van der Waals surface area contributed by atoms with Crippen molar-refractivity contribution < 1.29 is 22.4 Å². The zero-order valence-corrected chi connectivity index (χ0v) is 26.7. The number of urea groups is 1. The van der Waals surface area contributed by atoms with E-state index < -0.39 is 37.7 Å². The molecule has 1 aliphatic carbocycles. The minimum atomic E-state index is -4.54. The number of halogens is 4. The van der Waals surface area contributed by atoms with Crippen LogP contribution in [0.2, 0.25) is 21.6 Å². The van der Waals surface area contributed by atoms with Crippen molar-refractivity contribution in [2.45, 2.75) is 95.8 Å². The van der Waals surface area contributed by atoms with Crippen molar-refractivity contribution in [2.75, 3.05) is 5.32 Å². The predicted octanol–water partition coefficient (Wildman–Crippen LogP) is 8.51. The van der Waals surface area contributed by atoms with Gasteiger partial charge >= 0.3 is 12.2 Å². The van der Waals surface area contributed by atoms with E-state index in [-0.39, 0.29) is 45.6 Å². The Morgan fingerprint density at radius 2 is 1.62 bits per heavy atom. The summed E-state index contributed by atoms with van der Waals surface area (Å²) in [7, 11) is -2.40. The molecule has 7 nitrogen and oxygen atoms in total. The number of rotatable bonds is 9. The van der Waals surface area contributed by atoms with Crippen LogP contribution in [-0.2, 0) is 4.43 Å². The Labute approximate surface area is 249 Å². The molecule has 0 bridgehead atoms. The fourth-order valence-electron chi connectivity index (χ4n) is 6.20. The Morgan fingerprint density at radius 1 is 1.02 bits per heavy atom. The number of fused-ring (bicyclic) bond motifs is 1. The lowest BCUT2D eigenvalue weighted by molar-refractivity contribution is -0.162. The van der Waals surface area contributed by atoms with Crippen LogP contribution >= 0.6 is 11.6 Å². The van der Waals surface area contributed by atoms with Gasteiger partial charge in [0, 0.05) is 5.69 Å². The molecule has 0 spiro atoms. The lowest BCUT2D eigenvalue weighted by Gasteiger charge is -2.44. The highest BCUT2D eigenvalue weighted by Crippen LogP contribution is 2.49. The third-order valence-electron chi connectivity index (χ3n) is 8.33. The van der Waals surface area contributed by atoms with Gasteiger partial charge in [0.25, 0.3) is 5.56 Å². The SMILES string of the molecule is CC(O[Si](C(C)C)(C(C)C)C(C)C)c1nc2cccc(Cl)c2c(=O)n1-c1cccc(NC(=O)NC2(C(F)(F)F)CC2)c1. The lowest BCUT2D eigenvalue weighted by Crippen LogP contribution is -2.49. The first kappa shape index (κ1) is 32.0. The van der Waals surface area contributed by atoms with Crippen LogP contribution in [0, 0.1) is 0 Å². The van der Waals surface area contributed by atoms with E-state index >= 15 is 0 Å². The van der Waals surface area contributed by atoms with E-state index in [1.807, 2.05) is 6.92 Å². The predicted molar refractivity (Wildman–Crippen MR) is 163 cm³/mol. The molecule has 1 saturated carbocycles. The van der Waals surface area contributed by atoms with Crippen molar-refractivity contribution in [1.82, 2.24) is 14.9 Å².